The van der Waals surface area contributed by atoms with Crippen molar-refractivity contribution >= 4 is 5.57 Å². The van der Waals surface area contributed by atoms with Crippen LogP contribution in [0.2, 0.25) is 0 Å². The molecule has 2 aliphatic carbocycles. The number of halogens is 1. The number of benzene rings is 1. The van der Waals surface area contributed by atoms with E-state index in [1.54, 1.807) is 6.07 Å². The minimum absolute atomic E-state index is 0.137. The first-order valence-electron chi connectivity index (χ1n) is 7.39. The highest BCUT2D eigenvalue weighted by molar-refractivity contribution is 5.77. The summed E-state index contributed by atoms with van der Waals surface area (Å²) in [7, 11) is 0. The molecule has 0 radical (unpaired) electrons. The zero-order valence-corrected chi connectivity index (χ0v) is 12.2. The highest BCUT2D eigenvalue weighted by atomic mass is 19.1. The fraction of sp³-hybridized carbons (Fsp3) is 0.368. The van der Waals surface area contributed by atoms with Crippen LogP contribution in [0, 0.1) is 11.2 Å². The van der Waals surface area contributed by atoms with Crippen LogP contribution in [-0.2, 0) is 0 Å². The van der Waals surface area contributed by atoms with Crippen LogP contribution in [0.1, 0.15) is 45.1 Å². The van der Waals surface area contributed by atoms with Crippen LogP contribution in [0.15, 0.2) is 53.6 Å². The Hall–Kier alpha value is -1.63. The van der Waals surface area contributed by atoms with E-state index in [0.29, 0.717) is 11.0 Å². The molecule has 1 aromatic rings. The molecule has 0 aliphatic heterocycles. The molecule has 0 bridgehead atoms. The number of hydrogen-bond donors (Lipinski definition) is 0. The van der Waals surface area contributed by atoms with Gasteiger partial charge in [0, 0.05) is 5.56 Å². The minimum Gasteiger partial charge on any atom is -0.206 e. The maximum absolute atomic E-state index is 14.0. The average Bonchev–Trinajstić information content (AvgIpc) is 2.59. The van der Waals surface area contributed by atoms with Crippen molar-refractivity contribution < 1.29 is 4.39 Å². The van der Waals surface area contributed by atoms with Gasteiger partial charge in [0.05, 0.1) is 0 Å². The number of hydrogen-bond acceptors (Lipinski definition) is 0. The lowest BCUT2D eigenvalue weighted by Crippen LogP contribution is -2.17. The third-order valence-electron chi connectivity index (χ3n) is 4.40. The van der Waals surface area contributed by atoms with Crippen molar-refractivity contribution in [3.05, 3.63) is 65.0 Å². The van der Waals surface area contributed by atoms with E-state index in [0.717, 1.165) is 18.4 Å². The van der Waals surface area contributed by atoms with Crippen molar-refractivity contribution in [2.45, 2.75) is 39.5 Å². The number of allylic oxidation sites excluding steroid dienone is 6. The Bertz CT molecular complexity index is 614. The molecule has 20 heavy (non-hydrogen) atoms. The Morgan fingerprint density at radius 1 is 1.15 bits per heavy atom. The minimum atomic E-state index is -0.137. The van der Waals surface area contributed by atoms with Gasteiger partial charge in [0.1, 0.15) is 5.82 Å². The molecule has 2 aliphatic rings. The molecule has 3 rings (SSSR count). The van der Waals surface area contributed by atoms with Crippen LogP contribution >= 0.6 is 0 Å². The first kappa shape index (κ1) is 13.4. The van der Waals surface area contributed by atoms with E-state index in [1.807, 2.05) is 12.1 Å². The summed E-state index contributed by atoms with van der Waals surface area (Å²) in [6, 6.07) is 7.05. The van der Waals surface area contributed by atoms with E-state index in [9.17, 15) is 4.39 Å². The molecule has 0 fully saturated rings. The molecule has 0 saturated heterocycles. The Balaban J connectivity index is 2.03. The van der Waals surface area contributed by atoms with E-state index < -0.39 is 0 Å². The fourth-order valence-electron chi connectivity index (χ4n) is 3.19. The van der Waals surface area contributed by atoms with Gasteiger partial charge in [-0.2, -0.15) is 0 Å². The number of rotatable bonds is 1. The molecular weight excluding hydrogens is 247 g/mol. The topological polar surface area (TPSA) is 0 Å². The van der Waals surface area contributed by atoms with Gasteiger partial charge in [0.25, 0.3) is 0 Å². The molecule has 1 heteroatoms. The third kappa shape index (κ3) is 2.63. The highest BCUT2D eigenvalue weighted by Gasteiger charge is 2.26. The summed E-state index contributed by atoms with van der Waals surface area (Å²) in [6.07, 6.45) is 11.0. The molecule has 0 N–H and O–H groups in total. The van der Waals surface area contributed by atoms with E-state index >= 15 is 0 Å². The quantitative estimate of drug-likeness (QED) is 0.615. The van der Waals surface area contributed by atoms with Crippen LogP contribution in [0.4, 0.5) is 4.39 Å². The highest BCUT2D eigenvalue weighted by Crippen LogP contribution is 2.42. The smallest absolute Gasteiger partial charge is 0.131 e. The van der Waals surface area contributed by atoms with E-state index in [1.165, 1.54) is 30.1 Å². The Morgan fingerprint density at radius 3 is 2.75 bits per heavy atom. The second-order valence-corrected chi connectivity index (χ2v) is 6.66. The van der Waals surface area contributed by atoms with Crippen molar-refractivity contribution in [3.8, 4) is 0 Å². The first-order chi connectivity index (χ1) is 9.55. The third-order valence-corrected chi connectivity index (χ3v) is 4.40. The summed E-state index contributed by atoms with van der Waals surface area (Å²) < 4.78 is 14.0. The molecule has 0 aromatic heterocycles. The molecular formula is C19H21F. The van der Waals surface area contributed by atoms with Gasteiger partial charge in [0.2, 0.25) is 0 Å². The zero-order chi connectivity index (χ0) is 14.2. The lowest BCUT2D eigenvalue weighted by Gasteiger charge is -2.32. The van der Waals surface area contributed by atoms with Crippen molar-refractivity contribution in [2.24, 2.45) is 5.41 Å². The van der Waals surface area contributed by atoms with Gasteiger partial charge in [-0.1, -0.05) is 55.8 Å². The van der Waals surface area contributed by atoms with Crippen molar-refractivity contribution in [1.29, 1.82) is 0 Å². The fourth-order valence-corrected chi connectivity index (χ4v) is 3.19. The molecule has 0 atom stereocenters. The first-order valence-corrected chi connectivity index (χ1v) is 7.39. The largest absolute Gasteiger partial charge is 0.206 e. The van der Waals surface area contributed by atoms with Crippen LogP contribution in [0.25, 0.3) is 5.57 Å². The standard InChI is InChI=1S/C19H21F/c1-19(2)11-10-14-6-5-7-15(12-16(14)13-19)17-8-3-4-9-18(17)20/h3-5,7-9,12H,6,10-11,13H2,1-2H3. The van der Waals surface area contributed by atoms with Crippen molar-refractivity contribution in [3.63, 3.8) is 0 Å². The van der Waals surface area contributed by atoms with E-state index in [2.05, 4.69) is 32.1 Å². The molecule has 0 unspecified atom stereocenters. The van der Waals surface area contributed by atoms with E-state index in [-0.39, 0.29) is 5.82 Å². The lowest BCUT2D eigenvalue weighted by molar-refractivity contribution is 0.316. The zero-order valence-electron chi connectivity index (χ0n) is 12.2. The molecule has 104 valence electrons. The van der Waals surface area contributed by atoms with Gasteiger partial charge in [-0.3, -0.25) is 0 Å². The van der Waals surface area contributed by atoms with Gasteiger partial charge in [0.15, 0.2) is 0 Å². The predicted molar refractivity (Wildman–Crippen MR) is 82.8 cm³/mol. The maximum atomic E-state index is 14.0. The second kappa shape index (κ2) is 5.05. The predicted octanol–water partition coefficient (Wildman–Crippen LogP) is 5.68. The van der Waals surface area contributed by atoms with Gasteiger partial charge in [-0.25, -0.2) is 4.39 Å². The molecule has 1 aromatic carbocycles. The summed E-state index contributed by atoms with van der Waals surface area (Å²) >= 11 is 0. The molecule has 0 heterocycles. The molecule has 0 saturated carbocycles. The summed E-state index contributed by atoms with van der Waals surface area (Å²) in [5.74, 6) is -0.137. The lowest BCUT2D eigenvalue weighted by atomic mass is 9.73. The van der Waals surface area contributed by atoms with Gasteiger partial charge in [-0.15, -0.1) is 0 Å². The second-order valence-electron chi connectivity index (χ2n) is 6.66. The summed E-state index contributed by atoms with van der Waals surface area (Å²) in [6.45, 7) is 4.65. The van der Waals surface area contributed by atoms with Crippen LogP contribution < -0.4 is 0 Å². The Kier molecular flexibility index (Phi) is 3.37. The summed E-state index contributed by atoms with van der Waals surface area (Å²) in [5, 5.41) is 0. The van der Waals surface area contributed by atoms with E-state index in [4.69, 9.17) is 0 Å². The van der Waals surface area contributed by atoms with Crippen molar-refractivity contribution in [1.82, 2.24) is 0 Å². The Morgan fingerprint density at radius 2 is 1.95 bits per heavy atom. The normalized spacial score (nSPS) is 21.2. The van der Waals surface area contributed by atoms with Gasteiger partial charge in [-0.05, 0) is 48.3 Å². The average molecular weight is 268 g/mol. The van der Waals surface area contributed by atoms with Gasteiger partial charge >= 0.3 is 0 Å². The van der Waals surface area contributed by atoms with Crippen LogP contribution in [0.5, 0.6) is 0 Å². The monoisotopic (exact) mass is 268 g/mol. The molecule has 0 amide bonds. The van der Waals surface area contributed by atoms with Crippen molar-refractivity contribution in [2.75, 3.05) is 0 Å². The molecule has 0 nitrogen and oxygen atoms in total. The molecule has 0 spiro atoms. The van der Waals surface area contributed by atoms with Crippen LogP contribution in [-0.4, -0.2) is 0 Å². The maximum Gasteiger partial charge on any atom is 0.131 e. The Labute approximate surface area is 120 Å². The summed E-state index contributed by atoms with van der Waals surface area (Å²) in [5.41, 5.74) is 5.03. The van der Waals surface area contributed by atoms with Gasteiger partial charge < -0.3 is 0 Å². The SMILES string of the molecule is CC1(C)CCC2=C(C=C(c3ccccc3F)C=CC2)C1. The van der Waals surface area contributed by atoms with Crippen LogP contribution in [0.3, 0.4) is 0 Å². The summed E-state index contributed by atoms with van der Waals surface area (Å²) in [4.78, 5) is 0.